The molecular formula is C19H20F3N5O3. The number of ether oxygens (including phenoxy) is 1. The van der Waals surface area contributed by atoms with E-state index in [0.717, 1.165) is 22.7 Å². The number of halogens is 3. The highest BCUT2D eigenvalue weighted by Gasteiger charge is 2.38. The number of hydrogen-bond donors (Lipinski definition) is 2. The molecule has 0 aliphatic carbocycles. The van der Waals surface area contributed by atoms with Crippen molar-refractivity contribution in [1.82, 2.24) is 19.6 Å². The summed E-state index contributed by atoms with van der Waals surface area (Å²) in [5.74, 6) is -0.464. The van der Waals surface area contributed by atoms with Gasteiger partial charge in [-0.25, -0.2) is 14.3 Å². The lowest BCUT2D eigenvalue weighted by Crippen LogP contribution is -2.21. The van der Waals surface area contributed by atoms with Gasteiger partial charge in [0.2, 0.25) is 0 Å². The molecule has 3 aromatic rings. The predicted octanol–water partition coefficient (Wildman–Crippen LogP) is 2.60. The summed E-state index contributed by atoms with van der Waals surface area (Å²) in [5, 5.41) is 11.6. The number of rotatable bonds is 3. The number of aliphatic carboxylic acids is 1. The maximum Gasteiger partial charge on any atom is 0.490 e. The highest BCUT2D eigenvalue weighted by molar-refractivity contribution is 5.73. The Bertz CT molecular complexity index is 1080. The van der Waals surface area contributed by atoms with Gasteiger partial charge in [-0.2, -0.15) is 18.2 Å². The van der Waals surface area contributed by atoms with Crippen LogP contribution in [0.15, 0.2) is 30.6 Å². The molecule has 4 rings (SSSR count). The van der Waals surface area contributed by atoms with Crippen molar-refractivity contribution in [2.75, 3.05) is 13.2 Å². The zero-order valence-corrected chi connectivity index (χ0v) is 16.3. The molecule has 0 amide bonds. The normalized spacial score (nSPS) is 14.6. The molecule has 1 aromatic carbocycles. The minimum absolute atomic E-state index is 0.0322. The van der Waals surface area contributed by atoms with Gasteiger partial charge in [0.25, 0.3) is 5.78 Å². The standard InChI is InChI=1S/C17H19N5O.C2HF3O2/c1-17(2)10-23-14-4-3-11(7-13(14)17)12-8-19-16-20-15(5-6-18)21-22(16)9-12;3-2(4,5)1(6)7/h3-4,7-9H,5-6,10,18H2,1-2H3;(H,6,7). The van der Waals surface area contributed by atoms with Crippen LogP contribution in [0.4, 0.5) is 13.2 Å². The first-order valence-corrected chi connectivity index (χ1v) is 9.00. The minimum Gasteiger partial charge on any atom is -0.492 e. The van der Waals surface area contributed by atoms with Crippen LogP contribution in [0.5, 0.6) is 5.75 Å². The van der Waals surface area contributed by atoms with Crippen molar-refractivity contribution in [2.24, 2.45) is 5.73 Å². The van der Waals surface area contributed by atoms with E-state index in [9.17, 15) is 13.2 Å². The molecule has 1 aliphatic heterocycles. The molecular weight excluding hydrogens is 403 g/mol. The largest absolute Gasteiger partial charge is 0.492 e. The first-order valence-electron chi connectivity index (χ1n) is 9.00. The summed E-state index contributed by atoms with van der Waals surface area (Å²) in [5.41, 5.74) is 8.94. The minimum atomic E-state index is -5.08. The van der Waals surface area contributed by atoms with E-state index in [4.69, 9.17) is 20.4 Å². The molecule has 30 heavy (non-hydrogen) atoms. The van der Waals surface area contributed by atoms with E-state index in [1.807, 2.05) is 18.5 Å². The average molecular weight is 423 g/mol. The van der Waals surface area contributed by atoms with Gasteiger partial charge >= 0.3 is 12.1 Å². The number of carboxylic acid groups (broad SMARTS) is 1. The zero-order chi connectivity index (χ0) is 22.1. The average Bonchev–Trinajstić information content (AvgIpc) is 3.21. The highest BCUT2D eigenvalue weighted by atomic mass is 19.4. The third-order valence-electron chi connectivity index (χ3n) is 4.48. The molecule has 11 heteroatoms. The number of fused-ring (bicyclic) bond motifs is 2. The second kappa shape index (κ2) is 7.90. The van der Waals surface area contributed by atoms with Gasteiger partial charge in [-0.05, 0) is 24.2 Å². The van der Waals surface area contributed by atoms with E-state index in [1.165, 1.54) is 5.56 Å². The molecule has 0 saturated carbocycles. The van der Waals surface area contributed by atoms with Crippen LogP contribution in [0.2, 0.25) is 0 Å². The fraction of sp³-hybridized carbons (Fsp3) is 0.368. The third-order valence-corrected chi connectivity index (χ3v) is 4.48. The van der Waals surface area contributed by atoms with Crippen LogP contribution >= 0.6 is 0 Å². The predicted molar refractivity (Wildman–Crippen MR) is 101 cm³/mol. The number of nitrogens with zero attached hydrogens (tertiary/aromatic N) is 4. The number of hydrogen-bond acceptors (Lipinski definition) is 6. The second-order valence-electron chi connectivity index (χ2n) is 7.34. The summed E-state index contributed by atoms with van der Waals surface area (Å²) < 4.78 is 39.2. The van der Waals surface area contributed by atoms with Crippen LogP contribution in [0, 0.1) is 0 Å². The van der Waals surface area contributed by atoms with Crippen LogP contribution in [0.1, 0.15) is 25.2 Å². The van der Waals surface area contributed by atoms with Crippen molar-refractivity contribution in [2.45, 2.75) is 31.9 Å². The van der Waals surface area contributed by atoms with Crippen molar-refractivity contribution < 1.29 is 27.8 Å². The Hall–Kier alpha value is -3.21. The molecule has 0 radical (unpaired) electrons. The number of benzene rings is 1. The Morgan fingerprint density at radius 3 is 2.67 bits per heavy atom. The van der Waals surface area contributed by atoms with Crippen LogP contribution in [0.25, 0.3) is 16.9 Å². The summed E-state index contributed by atoms with van der Waals surface area (Å²) in [6.07, 6.45) is -0.635. The molecule has 0 fully saturated rings. The SMILES string of the molecule is CC1(C)COc2ccc(-c3cnc4nc(CCN)nn4c3)cc21.O=C(O)C(F)(F)F. The van der Waals surface area contributed by atoms with E-state index < -0.39 is 12.1 Å². The first kappa shape index (κ1) is 21.5. The summed E-state index contributed by atoms with van der Waals surface area (Å²) in [6, 6.07) is 6.27. The van der Waals surface area contributed by atoms with E-state index in [-0.39, 0.29) is 5.41 Å². The van der Waals surface area contributed by atoms with E-state index in [1.54, 1.807) is 4.52 Å². The lowest BCUT2D eigenvalue weighted by Gasteiger charge is -2.15. The van der Waals surface area contributed by atoms with Crippen molar-refractivity contribution >= 4 is 11.7 Å². The topological polar surface area (TPSA) is 116 Å². The number of nitrogens with two attached hydrogens (primary N) is 1. The second-order valence-corrected chi connectivity index (χ2v) is 7.34. The fourth-order valence-electron chi connectivity index (χ4n) is 2.91. The smallest absolute Gasteiger partial charge is 0.490 e. The summed E-state index contributed by atoms with van der Waals surface area (Å²) in [4.78, 5) is 17.7. The van der Waals surface area contributed by atoms with Gasteiger partial charge in [0.05, 0.1) is 6.61 Å². The van der Waals surface area contributed by atoms with Crippen molar-refractivity contribution in [3.05, 3.63) is 42.0 Å². The molecule has 0 atom stereocenters. The Morgan fingerprint density at radius 2 is 2.03 bits per heavy atom. The van der Waals surface area contributed by atoms with Crippen molar-refractivity contribution in [3.8, 4) is 16.9 Å². The maximum atomic E-state index is 10.6. The van der Waals surface area contributed by atoms with Gasteiger partial charge in [0.1, 0.15) is 5.75 Å². The Balaban J connectivity index is 0.000000318. The van der Waals surface area contributed by atoms with Crippen molar-refractivity contribution in [3.63, 3.8) is 0 Å². The fourth-order valence-corrected chi connectivity index (χ4v) is 2.91. The summed E-state index contributed by atoms with van der Waals surface area (Å²) in [7, 11) is 0. The van der Waals surface area contributed by atoms with Crippen LogP contribution in [-0.2, 0) is 16.6 Å². The number of alkyl halides is 3. The number of aromatic nitrogens is 4. The highest BCUT2D eigenvalue weighted by Crippen LogP contribution is 2.40. The first-order chi connectivity index (χ1) is 14.0. The third kappa shape index (κ3) is 4.51. The lowest BCUT2D eigenvalue weighted by molar-refractivity contribution is -0.192. The van der Waals surface area contributed by atoms with E-state index in [0.29, 0.717) is 25.4 Å². The Kier molecular flexibility index (Phi) is 5.66. The quantitative estimate of drug-likeness (QED) is 0.665. The van der Waals surface area contributed by atoms with E-state index in [2.05, 4.69) is 41.0 Å². The van der Waals surface area contributed by atoms with Gasteiger partial charge in [0, 0.05) is 35.4 Å². The van der Waals surface area contributed by atoms with Gasteiger partial charge in [-0.15, -0.1) is 5.10 Å². The Labute approximate surface area is 169 Å². The molecule has 0 saturated heterocycles. The van der Waals surface area contributed by atoms with Crippen LogP contribution in [-0.4, -0.2) is 50.0 Å². The van der Waals surface area contributed by atoms with Gasteiger partial charge in [-0.3, -0.25) is 0 Å². The molecule has 2 aromatic heterocycles. The molecule has 3 N–H and O–H groups in total. The van der Waals surface area contributed by atoms with Crippen LogP contribution < -0.4 is 10.5 Å². The molecule has 8 nitrogen and oxygen atoms in total. The zero-order valence-electron chi connectivity index (χ0n) is 16.3. The van der Waals surface area contributed by atoms with Gasteiger partial charge in [0.15, 0.2) is 5.82 Å². The molecule has 160 valence electrons. The van der Waals surface area contributed by atoms with Crippen molar-refractivity contribution in [1.29, 1.82) is 0 Å². The molecule has 1 aliphatic rings. The summed E-state index contributed by atoms with van der Waals surface area (Å²) >= 11 is 0. The number of carbonyl (C=O) groups is 1. The maximum absolute atomic E-state index is 10.6. The van der Waals surface area contributed by atoms with Crippen LogP contribution in [0.3, 0.4) is 0 Å². The monoisotopic (exact) mass is 423 g/mol. The molecule has 0 spiro atoms. The van der Waals surface area contributed by atoms with Gasteiger partial charge in [-0.1, -0.05) is 19.9 Å². The van der Waals surface area contributed by atoms with Gasteiger partial charge < -0.3 is 15.6 Å². The summed E-state index contributed by atoms with van der Waals surface area (Å²) in [6.45, 7) is 5.64. The molecule has 3 heterocycles. The molecule has 0 bridgehead atoms. The number of carboxylic acids is 1. The Morgan fingerprint density at radius 1 is 1.33 bits per heavy atom. The van der Waals surface area contributed by atoms with E-state index >= 15 is 0 Å². The molecule has 0 unspecified atom stereocenters. The lowest BCUT2D eigenvalue weighted by atomic mass is 9.85.